The van der Waals surface area contributed by atoms with Crippen LogP contribution in [0.2, 0.25) is 0 Å². The van der Waals surface area contributed by atoms with Gasteiger partial charge in [0.1, 0.15) is 19.3 Å². The molecule has 0 rings (SSSR count). The fraction of sp³-hybridized carbons (Fsp3) is 0.938. The standard InChI is InChI=1S/C65H126O17P2/c1-7-10-12-14-16-18-20-21-22-23-25-29-37-43-49-64(69)81-60(53-76-63(68)48-42-36-30-26-27-33-39-45-57(4)5)55-79-83(71,72)77-51-59(66)52-78-84(73,74)80-56-61(82-65(70)50-44-38-32-31-34-40-46-58(6)9-3)54-75-62(67)47-41-35-28-24-19-17-15-13-11-8-2/h57-61,66H,7-56H2,1-6H3,(H,71,72)(H,73,74)/t58?,59-,60-,61-/m1/s1. The third kappa shape index (κ3) is 57.8. The van der Waals surface area contributed by atoms with Crippen molar-refractivity contribution in [2.45, 2.75) is 342 Å². The monoisotopic (exact) mass is 1240 g/mol. The lowest BCUT2D eigenvalue weighted by Crippen LogP contribution is -2.30. The highest BCUT2D eigenvalue weighted by molar-refractivity contribution is 7.47. The van der Waals surface area contributed by atoms with E-state index in [1.807, 2.05) is 0 Å². The van der Waals surface area contributed by atoms with Gasteiger partial charge in [0.05, 0.1) is 26.4 Å². The Labute approximate surface area is 511 Å². The van der Waals surface area contributed by atoms with E-state index in [0.29, 0.717) is 31.6 Å². The minimum atomic E-state index is -4.95. The summed E-state index contributed by atoms with van der Waals surface area (Å²) in [4.78, 5) is 72.2. The Hall–Kier alpha value is -1.94. The number of phosphoric acid groups is 2. The second-order valence-corrected chi connectivity index (χ2v) is 27.1. The lowest BCUT2D eigenvalue weighted by molar-refractivity contribution is -0.161. The quantitative estimate of drug-likeness (QED) is 0.0222. The van der Waals surface area contributed by atoms with Crippen LogP contribution in [0.5, 0.6) is 0 Å². The van der Waals surface area contributed by atoms with E-state index >= 15 is 0 Å². The van der Waals surface area contributed by atoms with Crippen molar-refractivity contribution in [2.75, 3.05) is 39.6 Å². The number of carbonyl (C=O) groups is 4. The highest BCUT2D eigenvalue weighted by Gasteiger charge is 2.30. The second kappa shape index (κ2) is 57.5. The maximum atomic E-state index is 13.0. The molecule has 0 aromatic heterocycles. The van der Waals surface area contributed by atoms with Crippen molar-refractivity contribution in [3.05, 3.63) is 0 Å². The van der Waals surface area contributed by atoms with Gasteiger partial charge >= 0.3 is 39.5 Å². The van der Waals surface area contributed by atoms with E-state index in [9.17, 15) is 43.2 Å². The number of esters is 4. The van der Waals surface area contributed by atoms with Crippen LogP contribution >= 0.6 is 15.6 Å². The van der Waals surface area contributed by atoms with Crippen LogP contribution in [0.3, 0.4) is 0 Å². The summed E-state index contributed by atoms with van der Waals surface area (Å²) in [5, 5.41) is 10.5. The molecular formula is C65H126O17P2. The molecule has 0 spiro atoms. The van der Waals surface area contributed by atoms with Crippen molar-refractivity contribution in [2.24, 2.45) is 11.8 Å². The lowest BCUT2D eigenvalue weighted by Gasteiger charge is -2.21. The minimum absolute atomic E-state index is 0.103. The first-order valence-corrected chi connectivity index (χ1v) is 37.0. The van der Waals surface area contributed by atoms with Crippen LogP contribution in [0.4, 0.5) is 0 Å². The largest absolute Gasteiger partial charge is 0.472 e. The number of aliphatic hydroxyl groups is 1. The van der Waals surface area contributed by atoms with Gasteiger partial charge in [-0.25, -0.2) is 9.13 Å². The zero-order valence-electron chi connectivity index (χ0n) is 54.2. The van der Waals surface area contributed by atoms with Gasteiger partial charge in [0.25, 0.3) is 0 Å². The number of phosphoric ester groups is 2. The Morgan fingerprint density at radius 1 is 0.345 bits per heavy atom. The molecule has 0 saturated heterocycles. The third-order valence-corrected chi connectivity index (χ3v) is 17.2. The number of hydrogen-bond acceptors (Lipinski definition) is 15. The van der Waals surface area contributed by atoms with Gasteiger partial charge in [-0.05, 0) is 37.5 Å². The topological polar surface area (TPSA) is 237 Å². The Morgan fingerprint density at radius 2 is 0.607 bits per heavy atom. The lowest BCUT2D eigenvalue weighted by atomic mass is 10.00. The summed E-state index contributed by atoms with van der Waals surface area (Å²) in [5.41, 5.74) is 0. The molecule has 0 aliphatic heterocycles. The molecule has 0 bridgehead atoms. The van der Waals surface area contributed by atoms with Crippen LogP contribution in [0.25, 0.3) is 0 Å². The first kappa shape index (κ1) is 82.1. The molecule has 0 aliphatic rings. The smallest absolute Gasteiger partial charge is 0.462 e. The Morgan fingerprint density at radius 3 is 0.905 bits per heavy atom. The third-order valence-electron chi connectivity index (χ3n) is 15.3. The zero-order valence-corrected chi connectivity index (χ0v) is 56.0. The normalized spacial score (nSPS) is 14.6. The summed E-state index contributed by atoms with van der Waals surface area (Å²) in [6, 6.07) is 0. The average Bonchev–Trinajstić information content (AvgIpc) is 3.58. The van der Waals surface area contributed by atoms with Crippen molar-refractivity contribution >= 4 is 39.5 Å². The summed E-state index contributed by atoms with van der Waals surface area (Å²) in [5.74, 6) is -0.709. The van der Waals surface area contributed by atoms with Crippen molar-refractivity contribution in [1.82, 2.24) is 0 Å². The fourth-order valence-corrected chi connectivity index (χ4v) is 11.3. The summed E-state index contributed by atoms with van der Waals surface area (Å²) < 4.78 is 68.0. The van der Waals surface area contributed by atoms with E-state index < -0.39 is 97.5 Å². The van der Waals surface area contributed by atoms with E-state index in [4.69, 9.17) is 37.0 Å². The number of ether oxygens (including phenoxy) is 4. The predicted molar refractivity (Wildman–Crippen MR) is 335 cm³/mol. The molecule has 3 N–H and O–H groups in total. The summed E-state index contributed by atoms with van der Waals surface area (Å²) in [7, 11) is -9.89. The van der Waals surface area contributed by atoms with Gasteiger partial charge in [-0.15, -0.1) is 0 Å². The Kier molecular flexibility index (Phi) is 56.2. The maximum Gasteiger partial charge on any atom is 0.472 e. The number of carbonyl (C=O) groups excluding carboxylic acids is 4. The van der Waals surface area contributed by atoms with Crippen LogP contribution in [-0.2, 0) is 65.4 Å². The van der Waals surface area contributed by atoms with Crippen LogP contribution < -0.4 is 0 Å². The molecule has 0 radical (unpaired) electrons. The van der Waals surface area contributed by atoms with Crippen molar-refractivity contribution in [3.8, 4) is 0 Å². The molecule has 0 aromatic rings. The van der Waals surface area contributed by atoms with E-state index in [-0.39, 0.29) is 25.7 Å². The van der Waals surface area contributed by atoms with Gasteiger partial charge in [0.15, 0.2) is 12.2 Å². The first-order valence-electron chi connectivity index (χ1n) is 34.0. The second-order valence-electron chi connectivity index (χ2n) is 24.2. The van der Waals surface area contributed by atoms with Crippen molar-refractivity contribution in [1.29, 1.82) is 0 Å². The number of unbranched alkanes of at least 4 members (excludes halogenated alkanes) is 33. The van der Waals surface area contributed by atoms with Crippen LogP contribution in [0.15, 0.2) is 0 Å². The van der Waals surface area contributed by atoms with Gasteiger partial charge in [0, 0.05) is 25.7 Å². The molecule has 0 fully saturated rings. The molecule has 0 heterocycles. The minimum Gasteiger partial charge on any atom is -0.462 e. The first-order chi connectivity index (χ1) is 40.4. The van der Waals surface area contributed by atoms with E-state index in [2.05, 4.69) is 41.5 Å². The maximum absolute atomic E-state index is 13.0. The molecule has 0 amide bonds. The number of aliphatic hydroxyl groups excluding tert-OH is 1. The molecule has 0 aliphatic carbocycles. The zero-order chi connectivity index (χ0) is 62.2. The fourth-order valence-electron chi connectivity index (χ4n) is 9.68. The number of hydrogen-bond donors (Lipinski definition) is 3. The van der Waals surface area contributed by atoms with Crippen LogP contribution in [-0.4, -0.2) is 96.7 Å². The van der Waals surface area contributed by atoms with Gasteiger partial charge < -0.3 is 33.8 Å². The summed E-state index contributed by atoms with van der Waals surface area (Å²) in [6.45, 7) is 9.40. The molecule has 17 nitrogen and oxygen atoms in total. The molecule has 0 aromatic carbocycles. The van der Waals surface area contributed by atoms with E-state index in [0.717, 1.165) is 102 Å². The van der Waals surface area contributed by atoms with E-state index in [1.165, 1.54) is 135 Å². The Balaban J connectivity index is 5.24. The summed E-state index contributed by atoms with van der Waals surface area (Å²) in [6.07, 6.45) is 40.3. The highest BCUT2D eigenvalue weighted by Crippen LogP contribution is 2.45. The van der Waals surface area contributed by atoms with Gasteiger partial charge in [0.2, 0.25) is 0 Å². The Bertz CT molecular complexity index is 1650. The van der Waals surface area contributed by atoms with Gasteiger partial charge in [-0.2, -0.15) is 0 Å². The number of rotatable bonds is 64. The highest BCUT2D eigenvalue weighted by atomic mass is 31.2. The van der Waals surface area contributed by atoms with Gasteiger partial charge in [-0.3, -0.25) is 37.3 Å². The SMILES string of the molecule is CCCCCCCCCCCCCCCCC(=O)O[C@H](COC(=O)CCCCCCCCCC(C)C)COP(=O)(O)OC[C@@H](O)COP(=O)(O)OC[C@@H](COC(=O)CCCCCCCCCCCC)OC(=O)CCCCCCCCC(C)CC. The molecule has 3 unspecified atom stereocenters. The van der Waals surface area contributed by atoms with Crippen molar-refractivity contribution < 1.29 is 80.2 Å². The average molecular weight is 1240 g/mol. The molecule has 19 heteroatoms. The molecule has 6 atom stereocenters. The molecule has 498 valence electrons. The van der Waals surface area contributed by atoms with E-state index in [1.54, 1.807) is 0 Å². The van der Waals surface area contributed by atoms with Crippen molar-refractivity contribution in [3.63, 3.8) is 0 Å². The van der Waals surface area contributed by atoms with Crippen LogP contribution in [0.1, 0.15) is 324 Å². The molecular weight excluding hydrogens is 1110 g/mol. The molecule has 84 heavy (non-hydrogen) atoms. The molecule has 0 saturated carbocycles. The van der Waals surface area contributed by atoms with Crippen LogP contribution in [0, 0.1) is 11.8 Å². The predicted octanol–water partition coefficient (Wildman–Crippen LogP) is 18.0. The van der Waals surface area contributed by atoms with Gasteiger partial charge in [-0.1, -0.05) is 273 Å². The summed E-state index contributed by atoms with van der Waals surface area (Å²) >= 11 is 0.